The predicted molar refractivity (Wildman–Crippen MR) is 132 cm³/mol. The monoisotopic (exact) mass is 471 g/mol. The van der Waals surface area contributed by atoms with Crippen molar-refractivity contribution in [3.05, 3.63) is 66.4 Å². The summed E-state index contributed by atoms with van der Waals surface area (Å²) in [4.78, 5) is 18.1. The summed E-state index contributed by atoms with van der Waals surface area (Å²) in [6, 6.07) is 11.3. The SMILES string of the molecule is Cc1nc(-c2cnn(C)c2CNc2nccc(Oc3ccccc3)n2)ncc1OC1CCCCC1. The number of hydrogen-bond donors (Lipinski definition) is 1. The smallest absolute Gasteiger partial charge is 0.226 e. The molecule has 1 fully saturated rings. The number of para-hydroxylation sites is 1. The summed E-state index contributed by atoms with van der Waals surface area (Å²) >= 11 is 0. The average molecular weight is 472 g/mol. The minimum Gasteiger partial charge on any atom is -0.487 e. The number of aryl methyl sites for hydroxylation is 2. The Balaban J connectivity index is 1.28. The first-order chi connectivity index (χ1) is 17.2. The Kier molecular flexibility index (Phi) is 6.83. The van der Waals surface area contributed by atoms with E-state index in [4.69, 9.17) is 14.5 Å². The van der Waals surface area contributed by atoms with E-state index in [1.807, 2.05) is 44.3 Å². The first kappa shape index (κ1) is 22.8. The summed E-state index contributed by atoms with van der Waals surface area (Å²) < 4.78 is 13.8. The maximum atomic E-state index is 6.18. The molecule has 3 aromatic heterocycles. The summed E-state index contributed by atoms with van der Waals surface area (Å²) in [6.45, 7) is 2.41. The van der Waals surface area contributed by atoms with E-state index < -0.39 is 0 Å². The van der Waals surface area contributed by atoms with Crippen molar-refractivity contribution < 1.29 is 9.47 Å². The van der Waals surface area contributed by atoms with Gasteiger partial charge in [-0.3, -0.25) is 4.68 Å². The molecule has 0 saturated heterocycles. The molecule has 0 unspecified atom stereocenters. The zero-order chi connectivity index (χ0) is 24.0. The fourth-order valence-corrected chi connectivity index (χ4v) is 4.18. The van der Waals surface area contributed by atoms with E-state index in [9.17, 15) is 0 Å². The number of rotatable bonds is 8. The molecular weight excluding hydrogens is 442 g/mol. The minimum absolute atomic E-state index is 0.261. The maximum Gasteiger partial charge on any atom is 0.226 e. The topological polar surface area (TPSA) is 99.9 Å². The van der Waals surface area contributed by atoms with Crippen molar-refractivity contribution in [2.24, 2.45) is 7.05 Å². The van der Waals surface area contributed by atoms with Gasteiger partial charge in [0.1, 0.15) is 5.75 Å². The second-order valence-corrected chi connectivity index (χ2v) is 8.64. The Morgan fingerprint density at radius 1 is 1.00 bits per heavy atom. The van der Waals surface area contributed by atoms with Crippen molar-refractivity contribution in [3.8, 4) is 28.8 Å². The van der Waals surface area contributed by atoms with Crippen LogP contribution in [0.25, 0.3) is 11.4 Å². The third-order valence-corrected chi connectivity index (χ3v) is 6.09. The van der Waals surface area contributed by atoms with Crippen molar-refractivity contribution in [1.82, 2.24) is 29.7 Å². The molecule has 0 spiro atoms. The van der Waals surface area contributed by atoms with Crippen LogP contribution in [0, 0.1) is 6.92 Å². The molecule has 9 heteroatoms. The summed E-state index contributed by atoms with van der Waals surface area (Å²) in [6.07, 6.45) is 11.4. The molecular formula is C26H29N7O2. The van der Waals surface area contributed by atoms with Gasteiger partial charge in [-0.15, -0.1) is 0 Å². The van der Waals surface area contributed by atoms with Crippen LogP contribution in [0.3, 0.4) is 0 Å². The van der Waals surface area contributed by atoms with Gasteiger partial charge in [0, 0.05) is 19.3 Å². The second-order valence-electron chi connectivity index (χ2n) is 8.64. The first-order valence-corrected chi connectivity index (χ1v) is 12.0. The van der Waals surface area contributed by atoms with E-state index in [0.29, 0.717) is 24.2 Å². The van der Waals surface area contributed by atoms with Crippen LogP contribution < -0.4 is 14.8 Å². The zero-order valence-electron chi connectivity index (χ0n) is 20.0. The van der Waals surface area contributed by atoms with Crippen LogP contribution in [0.5, 0.6) is 17.4 Å². The van der Waals surface area contributed by atoms with Crippen LogP contribution >= 0.6 is 0 Å². The Bertz CT molecular complexity index is 1270. The average Bonchev–Trinajstić information content (AvgIpc) is 3.25. The van der Waals surface area contributed by atoms with Crippen LogP contribution in [0.15, 0.2) is 55.0 Å². The van der Waals surface area contributed by atoms with Crippen LogP contribution in [0.1, 0.15) is 43.5 Å². The van der Waals surface area contributed by atoms with E-state index >= 15 is 0 Å². The van der Waals surface area contributed by atoms with E-state index in [2.05, 4.69) is 25.4 Å². The standard InChI is InChI=1S/C26H29N7O2/c1-18-23(34-19-9-5-3-6-10-19)17-28-25(31-18)21-15-30-33(2)22(21)16-29-26-27-14-13-24(32-26)35-20-11-7-4-8-12-20/h4,7-8,11-15,17,19H,3,5-6,9-10,16H2,1-2H3,(H,27,29,32). The number of anilines is 1. The van der Waals surface area contributed by atoms with Crippen LogP contribution in [0.2, 0.25) is 0 Å². The Morgan fingerprint density at radius 2 is 1.83 bits per heavy atom. The first-order valence-electron chi connectivity index (χ1n) is 12.0. The normalized spacial score (nSPS) is 14.0. The molecule has 35 heavy (non-hydrogen) atoms. The summed E-state index contributed by atoms with van der Waals surface area (Å²) in [7, 11) is 1.89. The highest BCUT2D eigenvalue weighted by Crippen LogP contribution is 2.27. The van der Waals surface area contributed by atoms with Crippen LogP contribution in [-0.2, 0) is 13.6 Å². The molecule has 0 radical (unpaired) electrons. The highest BCUT2D eigenvalue weighted by molar-refractivity contribution is 5.58. The lowest BCUT2D eigenvalue weighted by Crippen LogP contribution is -2.20. The summed E-state index contributed by atoms with van der Waals surface area (Å²) in [5.74, 6) is 3.01. The van der Waals surface area contributed by atoms with Gasteiger partial charge < -0.3 is 14.8 Å². The quantitative estimate of drug-likeness (QED) is 0.379. The fraction of sp³-hybridized carbons (Fsp3) is 0.346. The fourth-order valence-electron chi connectivity index (χ4n) is 4.18. The van der Waals surface area contributed by atoms with Gasteiger partial charge in [-0.1, -0.05) is 24.6 Å². The Labute approximate surface area is 204 Å². The Morgan fingerprint density at radius 3 is 2.63 bits per heavy atom. The number of aromatic nitrogens is 6. The molecule has 1 aliphatic rings. The number of ether oxygens (including phenoxy) is 2. The van der Waals surface area contributed by atoms with Crippen LogP contribution in [0.4, 0.5) is 5.95 Å². The largest absolute Gasteiger partial charge is 0.487 e. The molecule has 1 saturated carbocycles. The highest BCUT2D eigenvalue weighted by atomic mass is 16.5. The highest BCUT2D eigenvalue weighted by Gasteiger charge is 2.19. The van der Waals surface area contributed by atoms with Gasteiger partial charge in [0.15, 0.2) is 11.6 Å². The van der Waals surface area contributed by atoms with Gasteiger partial charge in [0.25, 0.3) is 0 Å². The second kappa shape index (κ2) is 10.5. The number of nitrogens with zero attached hydrogens (tertiary/aromatic N) is 6. The number of nitrogens with one attached hydrogen (secondary N) is 1. The van der Waals surface area contributed by atoms with E-state index in [1.54, 1.807) is 29.3 Å². The third-order valence-electron chi connectivity index (χ3n) is 6.09. The van der Waals surface area contributed by atoms with Gasteiger partial charge in [0.2, 0.25) is 11.8 Å². The molecule has 1 aromatic carbocycles. The van der Waals surface area contributed by atoms with E-state index in [-0.39, 0.29) is 6.10 Å². The molecule has 1 aliphatic carbocycles. The van der Waals surface area contributed by atoms with Crippen molar-refractivity contribution in [2.75, 3.05) is 5.32 Å². The molecule has 0 amide bonds. The molecule has 4 aromatic rings. The molecule has 180 valence electrons. The Hall–Kier alpha value is -4.01. The summed E-state index contributed by atoms with van der Waals surface area (Å²) in [5.41, 5.74) is 2.60. The minimum atomic E-state index is 0.261. The lowest BCUT2D eigenvalue weighted by Gasteiger charge is -2.23. The van der Waals surface area contributed by atoms with Gasteiger partial charge in [-0.2, -0.15) is 10.1 Å². The zero-order valence-corrected chi connectivity index (χ0v) is 20.0. The van der Waals surface area contributed by atoms with Crippen molar-refractivity contribution >= 4 is 5.95 Å². The van der Waals surface area contributed by atoms with Crippen molar-refractivity contribution in [1.29, 1.82) is 0 Å². The van der Waals surface area contributed by atoms with Crippen molar-refractivity contribution in [2.45, 2.75) is 51.7 Å². The lowest BCUT2D eigenvalue weighted by atomic mass is 9.98. The predicted octanol–water partition coefficient (Wildman–Crippen LogP) is 5.09. The molecule has 5 rings (SSSR count). The molecule has 0 bridgehead atoms. The van der Waals surface area contributed by atoms with Gasteiger partial charge in [0.05, 0.1) is 42.0 Å². The summed E-state index contributed by atoms with van der Waals surface area (Å²) in [5, 5.41) is 7.69. The van der Waals surface area contributed by atoms with Crippen LogP contribution in [-0.4, -0.2) is 35.8 Å². The van der Waals surface area contributed by atoms with Gasteiger partial charge >= 0.3 is 0 Å². The van der Waals surface area contributed by atoms with Crippen molar-refractivity contribution in [3.63, 3.8) is 0 Å². The van der Waals surface area contributed by atoms with Gasteiger partial charge in [-0.25, -0.2) is 15.0 Å². The lowest BCUT2D eigenvalue weighted by molar-refractivity contribution is 0.152. The van der Waals surface area contributed by atoms with E-state index in [1.165, 1.54) is 19.3 Å². The molecule has 0 atom stereocenters. The number of hydrogen-bond acceptors (Lipinski definition) is 8. The number of benzene rings is 1. The van der Waals surface area contributed by atoms with E-state index in [0.717, 1.165) is 41.3 Å². The third kappa shape index (κ3) is 5.56. The molecule has 0 aliphatic heterocycles. The van der Waals surface area contributed by atoms with Gasteiger partial charge in [-0.05, 0) is 44.7 Å². The molecule has 3 heterocycles. The maximum absolute atomic E-state index is 6.18. The molecule has 1 N–H and O–H groups in total. The molecule has 9 nitrogen and oxygen atoms in total.